The summed E-state index contributed by atoms with van der Waals surface area (Å²) in [5, 5.41) is 4.04. The molecule has 23 heavy (non-hydrogen) atoms. The van der Waals surface area contributed by atoms with Crippen molar-refractivity contribution in [1.82, 2.24) is 19.9 Å². The second-order valence-corrected chi connectivity index (χ2v) is 6.40. The van der Waals surface area contributed by atoms with Crippen LogP contribution in [0, 0.1) is 0 Å². The zero-order valence-corrected chi connectivity index (χ0v) is 14.2. The fourth-order valence-electron chi connectivity index (χ4n) is 2.73. The van der Waals surface area contributed by atoms with Gasteiger partial charge in [0, 0.05) is 52.0 Å². The van der Waals surface area contributed by atoms with Crippen molar-refractivity contribution in [3.8, 4) is 0 Å². The number of anilines is 2. The van der Waals surface area contributed by atoms with E-state index in [9.17, 15) is 0 Å². The van der Waals surface area contributed by atoms with Crippen molar-refractivity contribution in [2.24, 2.45) is 0 Å². The first-order valence-corrected chi connectivity index (χ1v) is 8.06. The topological polar surface area (TPSA) is 57.2 Å². The molecule has 6 nitrogen and oxygen atoms in total. The largest absolute Gasteiger partial charge is 0.366 e. The monoisotopic (exact) mass is 332 g/mol. The van der Waals surface area contributed by atoms with Gasteiger partial charge in [-0.3, -0.25) is 4.90 Å². The van der Waals surface area contributed by atoms with Crippen LogP contribution in [-0.4, -0.2) is 53.1 Å². The van der Waals surface area contributed by atoms with Gasteiger partial charge in [0.05, 0.1) is 0 Å². The molecule has 0 spiro atoms. The van der Waals surface area contributed by atoms with Crippen molar-refractivity contribution < 1.29 is 0 Å². The van der Waals surface area contributed by atoms with E-state index in [2.05, 4.69) is 25.2 Å². The molecule has 3 rings (SSSR count). The van der Waals surface area contributed by atoms with Crippen LogP contribution in [0.3, 0.4) is 0 Å². The first-order chi connectivity index (χ1) is 11.1. The molecule has 1 fully saturated rings. The molecule has 122 valence electrons. The fraction of sp³-hybridized carbons (Fsp3) is 0.438. The van der Waals surface area contributed by atoms with Crippen LogP contribution in [0.2, 0.25) is 5.15 Å². The highest BCUT2D eigenvalue weighted by Gasteiger charge is 2.22. The van der Waals surface area contributed by atoms with Gasteiger partial charge in [0.1, 0.15) is 23.1 Å². The zero-order chi connectivity index (χ0) is 16.2. The van der Waals surface area contributed by atoms with Crippen LogP contribution in [0.15, 0.2) is 30.7 Å². The van der Waals surface area contributed by atoms with Crippen LogP contribution >= 0.6 is 11.6 Å². The Hall–Kier alpha value is -1.92. The van der Waals surface area contributed by atoms with Crippen LogP contribution in [0.25, 0.3) is 0 Å². The minimum Gasteiger partial charge on any atom is -0.366 e. The number of nitrogens with zero attached hydrogens (tertiary/aromatic N) is 5. The Kier molecular flexibility index (Phi) is 4.93. The maximum absolute atomic E-state index is 5.83. The zero-order valence-electron chi connectivity index (χ0n) is 13.4. The Bertz CT molecular complexity index is 645. The highest BCUT2D eigenvalue weighted by atomic mass is 35.5. The van der Waals surface area contributed by atoms with Crippen molar-refractivity contribution in [2.45, 2.75) is 19.0 Å². The quantitative estimate of drug-likeness (QED) is 0.848. The fourth-order valence-corrected chi connectivity index (χ4v) is 2.84. The van der Waals surface area contributed by atoms with Crippen molar-refractivity contribution in [2.75, 3.05) is 37.4 Å². The molecule has 3 heterocycles. The maximum Gasteiger partial charge on any atom is 0.133 e. The molecule has 7 heteroatoms. The smallest absolute Gasteiger partial charge is 0.133 e. The van der Waals surface area contributed by atoms with E-state index in [1.54, 1.807) is 6.33 Å². The number of aromatic nitrogens is 3. The third-order valence-electron chi connectivity index (χ3n) is 3.93. The molecule has 0 saturated carbocycles. The average molecular weight is 333 g/mol. The molecular weight excluding hydrogens is 312 g/mol. The van der Waals surface area contributed by atoms with E-state index in [1.165, 1.54) is 5.56 Å². The molecule has 1 aliphatic rings. The van der Waals surface area contributed by atoms with Gasteiger partial charge in [-0.05, 0) is 18.1 Å². The highest BCUT2D eigenvalue weighted by Crippen LogP contribution is 2.18. The first kappa shape index (κ1) is 16.0. The van der Waals surface area contributed by atoms with Crippen LogP contribution in [0.5, 0.6) is 0 Å². The van der Waals surface area contributed by atoms with Gasteiger partial charge in [0.15, 0.2) is 0 Å². The number of nitrogens with one attached hydrogen (secondary N) is 1. The lowest BCUT2D eigenvalue weighted by Crippen LogP contribution is -2.26. The maximum atomic E-state index is 5.83. The number of rotatable bonds is 5. The molecule has 0 aliphatic carbocycles. The Balaban J connectivity index is 1.55. The number of likely N-dealkylation sites (tertiary alicyclic amines) is 1. The summed E-state index contributed by atoms with van der Waals surface area (Å²) in [6.07, 6.45) is 4.54. The highest BCUT2D eigenvalue weighted by molar-refractivity contribution is 6.29. The van der Waals surface area contributed by atoms with E-state index in [4.69, 9.17) is 11.6 Å². The minimum atomic E-state index is 0.403. The number of halogens is 1. The second kappa shape index (κ2) is 7.10. The lowest BCUT2D eigenvalue weighted by Gasteiger charge is -2.18. The van der Waals surface area contributed by atoms with Gasteiger partial charge in [-0.15, -0.1) is 0 Å². The summed E-state index contributed by atoms with van der Waals surface area (Å²) in [7, 11) is 3.95. The summed E-state index contributed by atoms with van der Waals surface area (Å²) in [5.74, 6) is 1.79. The minimum absolute atomic E-state index is 0.403. The molecule has 1 aliphatic heterocycles. The SMILES string of the molecule is CN(C)c1cc(NC2CCN(Cc3ccc(Cl)nc3)C2)ncn1. The van der Waals surface area contributed by atoms with Crippen LogP contribution in [-0.2, 0) is 6.54 Å². The molecule has 1 unspecified atom stereocenters. The molecular formula is C16H21ClN6. The first-order valence-electron chi connectivity index (χ1n) is 7.69. The van der Waals surface area contributed by atoms with E-state index < -0.39 is 0 Å². The van der Waals surface area contributed by atoms with Gasteiger partial charge in [-0.2, -0.15) is 0 Å². The van der Waals surface area contributed by atoms with Gasteiger partial charge in [-0.25, -0.2) is 15.0 Å². The Labute approximate surface area is 141 Å². The van der Waals surface area contributed by atoms with Crippen LogP contribution < -0.4 is 10.2 Å². The van der Waals surface area contributed by atoms with Gasteiger partial charge in [-0.1, -0.05) is 17.7 Å². The van der Waals surface area contributed by atoms with Crippen molar-refractivity contribution >= 4 is 23.2 Å². The van der Waals surface area contributed by atoms with Gasteiger partial charge >= 0.3 is 0 Å². The summed E-state index contributed by atoms with van der Waals surface area (Å²) in [6, 6.07) is 6.25. The Morgan fingerprint density at radius 3 is 2.91 bits per heavy atom. The summed E-state index contributed by atoms with van der Waals surface area (Å²) in [5.41, 5.74) is 1.19. The van der Waals surface area contributed by atoms with E-state index in [0.29, 0.717) is 11.2 Å². The third kappa shape index (κ3) is 4.30. The lowest BCUT2D eigenvalue weighted by molar-refractivity contribution is 0.328. The normalized spacial score (nSPS) is 18.1. The standard InChI is InChI=1S/C16H21ClN6/c1-22(2)16-7-15(19-11-20-16)21-13-5-6-23(10-13)9-12-3-4-14(17)18-8-12/h3-4,7-8,11,13H,5-6,9-10H2,1-2H3,(H,19,20,21). The molecule has 0 amide bonds. The predicted octanol–water partition coefficient (Wildman–Crippen LogP) is 2.28. The van der Waals surface area contributed by atoms with Crippen molar-refractivity contribution in [3.05, 3.63) is 41.4 Å². The molecule has 0 aromatic carbocycles. The Morgan fingerprint density at radius 1 is 1.30 bits per heavy atom. The van der Waals surface area contributed by atoms with E-state index in [0.717, 1.165) is 37.7 Å². The second-order valence-electron chi connectivity index (χ2n) is 6.01. The average Bonchev–Trinajstić information content (AvgIpc) is 2.97. The molecule has 1 saturated heterocycles. The van der Waals surface area contributed by atoms with Crippen molar-refractivity contribution in [3.63, 3.8) is 0 Å². The molecule has 1 N–H and O–H groups in total. The summed E-state index contributed by atoms with van der Waals surface area (Å²) in [6.45, 7) is 2.95. The Morgan fingerprint density at radius 2 is 2.17 bits per heavy atom. The van der Waals surface area contributed by atoms with Crippen LogP contribution in [0.1, 0.15) is 12.0 Å². The van der Waals surface area contributed by atoms with Gasteiger partial charge < -0.3 is 10.2 Å². The lowest BCUT2D eigenvalue weighted by atomic mass is 10.2. The van der Waals surface area contributed by atoms with Gasteiger partial charge in [0.2, 0.25) is 0 Å². The van der Waals surface area contributed by atoms with Crippen LogP contribution in [0.4, 0.5) is 11.6 Å². The van der Waals surface area contributed by atoms with E-state index in [-0.39, 0.29) is 0 Å². The number of hydrogen-bond acceptors (Lipinski definition) is 6. The van der Waals surface area contributed by atoms with Crippen molar-refractivity contribution in [1.29, 1.82) is 0 Å². The molecule has 0 radical (unpaired) electrons. The molecule has 2 aromatic rings. The number of pyridine rings is 1. The summed E-state index contributed by atoms with van der Waals surface area (Å²) < 4.78 is 0. The summed E-state index contributed by atoms with van der Waals surface area (Å²) >= 11 is 5.83. The summed E-state index contributed by atoms with van der Waals surface area (Å²) in [4.78, 5) is 17.1. The third-order valence-corrected chi connectivity index (χ3v) is 4.15. The molecule has 1 atom stereocenters. The molecule has 0 bridgehead atoms. The molecule has 2 aromatic heterocycles. The van der Waals surface area contributed by atoms with E-state index in [1.807, 2.05) is 43.4 Å². The predicted molar refractivity (Wildman–Crippen MR) is 92.9 cm³/mol. The van der Waals surface area contributed by atoms with E-state index >= 15 is 0 Å². The van der Waals surface area contributed by atoms with Gasteiger partial charge in [0.25, 0.3) is 0 Å². The number of hydrogen-bond donors (Lipinski definition) is 1.